The first-order valence-corrected chi connectivity index (χ1v) is 13.9. The lowest BCUT2D eigenvalue weighted by Crippen LogP contribution is -2.60. The zero-order valence-corrected chi connectivity index (χ0v) is 23.6. The molecular formula is C28H24BrF6N5O2. The molecule has 2 aromatic heterocycles. The van der Waals surface area contributed by atoms with Crippen LogP contribution in [0.15, 0.2) is 47.0 Å². The second-order valence-electron chi connectivity index (χ2n) is 11.2. The second-order valence-corrected chi connectivity index (χ2v) is 12.0. The summed E-state index contributed by atoms with van der Waals surface area (Å²) in [7, 11) is 0. The molecule has 0 spiro atoms. The van der Waals surface area contributed by atoms with Crippen LogP contribution in [0, 0.1) is 17.6 Å². The van der Waals surface area contributed by atoms with Gasteiger partial charge in [0, 0.05) is 35.1 Å². The normalized spacial score (nSPS) is 21.9. The summed E-state index contributed by atoms with van der Waals surface area (Å²) in [6.07, 6.45) is -0.583. The maximum atomic E-state index is 15.2. The monoisotopic (exact) mass is 655 g/mol. The number of allylic oxidation sites excluding steroid dienone is 2. The van der Waals surface area contributed by atoms with Gasteiger partial charge in [0.2, 0.25) is 5.91 Å². The van der Waals surface area contributed by atoms with E-state index in [1.807, 2.05) is 0 Å². The summed E-state index contributed by atoms with van der Waals surface area (Å²) < 4.78 is 87.0. The predicted molar refractivity (Wildman–Crippen MR) is 142 cm³/mol. The standard InChI is InChI=1S/C28H24BrF6N5O2/c1-27(42)11-39(12-27)20-5-4-18(29)23(37-20)19(8-13-6-14(30)9-15(31)7-13)36-21(41)10-40-25-22(24(38-40)26(32)33)16-2-3-17(16)28(25,34)35/h2-7,9,16-17,19,26,42H,8,10-12H2,1H3,(H,36,41)/t16-,17+,19-/m0/s1. The quantitative estimate of drug-likeness (QED) is 0.254. The zero-order chi connectivity index (χ0) is 30.1. The van der Waals surface area contributed by atoms with Crippen LogP contribution >= 0.6 is 15.9 Å². The Kier molecular flexibility index (Phi) is 6.91. The first-order valence-electron chi connectivity index (χ1n) is 13.1. The highest BCUT2D eigenvalue weighted by molar-refractivity contribution is 9.10. The highest BCUT2D eigenvalue weighted by atomic mass is 79.9. The molecule has 3 atom stereocenters. The number of amides is 1. The number of hydrogen-bond donors (Lipinski definition) is 2. The van der Waals surface area contributed by atoms with Gasteiger partial charge in [0.15, 0.2) is 0 Å². The molecule has 42 heavy (non-hydrogen) atoms. The molecule has 0 radical (unpaired) electrons. The van der Waals surface area contributed by atoms with E-state index in [1.54, 1.807) is 24.0 Å². The predicted octanol–water partition coefficient (Wildman–Crippen LogP) is 5.30. The van der Waals surface area contributed by atoms with Crippen LogP contribution in [0.3, 0.4) is 0 Å². The molecule has 6 rings (SSSR count). The van der Waals surface area contributed by atoms with Crippen molar-refractivity contribution in [1.29, 1.82) is 0 Å². The van der Waals surface area contributed by atoms with Crippen LogP contribution in [0.25, 0.3) is 0 Å². The average Bonchev–Trinajstić information content (AvgIpc) is 3.26. The van der Waals surface area contributed by atoms with Gasteiger partial charge in [0.05, 0.1) is 23.3 Å². The van der Waals surface area contributed by atoms with E-state index < -0.39 is 71.3 Å². The van der Waals surface area contributed by atoms with E-state index in [9.17, 15) is 27.5 Å². The van der Waals surface area contributed by atoms with Crippen molar-refractivity contribution in [2.45, 2.75) is 49.8 Å². The van der Waals surface area contributed by atoms with Gasteiger partial charge in [-0.2, -0.15) is 13.9 Å². The average molecular weight is 656 g/mol. The fourth-order valence-corrected chi connectivity index (χ4v) is 6.42. The number of aromatic nitrogens is 3. The third kappa shape index (κ3) is 4.97. The van der Waals surface area contributed by atoms with Crippen molar-refractivity contribution in [2.75, 3.05) is 18.0 Å². The van der Waals surface area contributed by atoms with Gasteiger partial charge in [-0.25, -0.2) is 22.5 Å². The van der Waals surface area contributed by atoms with Crippen LogP contribution < -0.4 is 10.2 Å². The van der Waals surface area contributed by atoms with Crippen LogP contribution in [0.4, 0.5) is 32.2 Å². The Morgan fingerprint density at radius 2 is 1.83 bits per heavy atom. The highest BCUT2D eigenvalue weighted by Gasteiger charge is 2.60. The van der Waals surface area contributed by atoms with Crippen molar-refractivity contribution in [3.63, 3.8) is 0 Å². The van der Waals surface area contributed by atoms with Crippen molar-refractivity contribution in [2.24, 2.45) is 5.92 Å². The highest BCUT2D eigenvalue weighted by Crippen LogP contribution is 2.59. The summed E-state index contributed by atoms with van der Waals surface area (Å²) in [6.45, 7) is 1.47. The largest absolute Gasteiger partial charge is 0.386 e. The SMILES string of the molecule is CC1(O)CN(c2ccc(Br)c([C@H](Cc3cc(F)cc(F)c3)NC(=O)Cn3nc(C(F)F)c4c3C(F)(F)[C@@H]3C=C[C@H]43)n2)C1. The number of hydrogen-bond acceptors (Lipinski definition) is 5. The van der Waals surface area contributed by atoms with Crippen molar-refractivity contribution in [1.82, 2.24) is 20.1 Å². The Bertz CT molecular complexity index is 1580. The van der Waals surface area contributed by atoms with E-state index in [0.29, 0.717) is 34.1 Å². The van der Waals surface area contributed by atoms with Crippen LogP contribution in [-0.4, -0.2) is 44.5 Å². The number of halogens is 7. The lowest BCUT2D eigenvalue weighted by Gasteiger charge is -2.45. The summed E-state index contributed by atoms with van der Waals surface area (Å²) in [5, 5.41) is 16.5. The first-order chi connectivity index (χ1) is 19.7. The Morgan fingerprint density at radius 1 is 1.14 bits per heavy atom. The van der Waals surface area contributed by atoms with Crippen molar-refractivity contribution in [3.8, 4) is 0 Å². The molecule has 0 unspecified atom stereocenters. The van der Waals surface area contributed by atoms with Crippen LogP contribution in [-0.2, 0) is 23.7 Å². The molecule has 3 aliphatic rings. The lowest BCUT2D eigenvalue weighted by atomic mass is 9.81. The topological polar surface area (TPSA) is 83.3 Å². The van der Waals surface area contributed by atoms with E-state index in [2.05, 4.69) is 31.3 Å². The molecular weight excluding hydrogens is 632 g/mol. The molecule has 2 N–H and O–H groups in total. The van der Waals surface area contributed by atoms with Gasteiger partial charge in [-0.3, -0.25) is 9.48 Å². The Hall–Kier alpha value is -3.39. The number of carbonyl (C=O) groups is 1. The molecule has 1 fully saturated rings. The Labute approximate surface area is 244 Å². The van der Waals surface area contributed by atoms with Gasteiger partial charge in [0.1, 0.15) is 35.4 Å². The number of rotatable bonds is 8. The molecule has 3 aromatic rings. The number of anilines is 1. The summed E-state index contributed by atoms with van der Waals surface area (Å²) in [4.78, 5) is 19.7. The molecule has 3 heterocycles. The molecule has 14 heteroatoms. The second kappa shape index (κ2) is 10.1. The maximum absolute atomic E-state index is 15.2. The number of nitrogens with zero attached hydrogens (tertiary/aromatic N) is 4. The minimum absolute atomic E-state index is 0.142. The van der Waals surface area contributed by atoms with Gasteiger partial charge < -0.3 is 15.3 Å². The van der Waals surface area contributed by atoms with Crippen LogP contribution in [0.5, 0.6) is 0 Å². The van der Waals surface area contributed by atoms with Crippen LogP contribution in [0.1, 0.15) is 53.5 Å². The number of β-amino-alcohol motifs (C(OH)–C–C–N with tert-alkyl or cyclic N) is 1. The van der Waals surface area contributed by atoms with Crippen LogP contribution in [0.2, 0.25) is 0 Å². The molecule has 0 bridgehead atoms. The molecule has 2 aliphatic carbocycles. The van der Waals surface area contributed by atoms with Gasteiger partial charge in [-0.1, -0.05) is 12.2 Å². The van der Waals surface area contributed by atoms with Gasteiger partial charge in [-0.05, 0) is 59.1 Å². The van der Waals surface area contributed by atoms with Gasteiger partial charge in [0.25, 0.3) is 12.3 Å². The minimum atomic E-state index is -3.50. The number of aliphatic hydroxyl groups is 1. The van der Waals surface area contributed by atoms with Crippen molar-refractivity contribution in [3.05, 3.63) is 86.8 Å². The first kappa shape index (κ1) is 28.7. The van der Waals surface area contributed by atoms with E-state index in [0.717, 1.165) is 12.1 Å². The van der Waals surface area contributed by atoms with E-state index >= 15 is 8.78 Å². The van der Waals surface area contributed by atoms with Gasteiger partial charge in [-0.15, -0.1) is 0 Å². The lowest BCUT2D eigenvalue weighted by molar-refractivity contribution is -0.123. The number of nitrogens with one attached hydrogen (secondary N) is 1. The molecule has 222 valence electrons. The number of pyridine rings is 1. The Balaban J connectivity index is 1.32. The number of carbonyl (C=O) groups excluding carboxylic acids is 1. The van der Waals surface area contributed by atoms with Crippen molar-refractivity contribution >= 4 is 27.7 Å². The molecule has 0 saturated carbocycles. The molecule has 1 aliphatic heterocycles. The molecule has 1 amide bonds. The smallest absolute Gasteiger partial charge is 0.296 e. The third-order valence-electron chi connectivity index (χ3n) is 7.77. The number of alkyl halides is 4. The molecule has 1 saturated heterocycles. The number of benzene rings is 1. The fourth-order valence-electron chi connectivity index (χ4n) is 5.93. The Morgan fingerprint density at radius 3 is 2.43 bits per heavy atom. The van der Waals surface area contributed by atoms with E-state index in [4.69, 9.17) is 0 Å². The van der Waals surface area contributed by atoms with E-state index in [1.165, 1.54) is 12.2 Å². The molecule has 1 aromatic carbocycles. The van der Waals surface area contributed by atoms with E-state index in [-0.39, 0.29) is 23.2 Å². The fraction of sp³-hybridized carbons (Fsp3) is 0.393. The summed E-state index contributed by atoms with van der Waals surface area (Å²) in [5.41, 5.74) is -2.22. The summed E-state index contributed by atoms with van der Waals surface area (Å²) in [6, 6.07) is 5.20. The minimum Gasteiger partial charge on any atom is -0.386 e. The third-order valence-corrected chi connectivity index (χ3v) is 8.44. The number of fused-ring (bicyclic) bond motifs is 3. The van der Waals surface area contributed by atoms with Gasteiger partial charge >= 0.3 is 0 Å². The maximum Gasteiger partial charge on any atom is 0.296 e. The summed E-state index contributed by atoms with van der Waals surface area (Å²) in [5.74, 6) is -7.73. The zero-order valence-electron chi connectivity index (χ0n) is 22.0. The summed E-state index contributed by atoms with van der Waals surface area (Å²) >= 11 is 3.40. The van der Waals surface area contributed by atoms with Crippen molar-refractivity contribution < 1.29 is 36.2 Å². The molecule has 7 nitrogen and oxygen atoms in total.